The summed E-state index contributed by atoms with van der Waals surface area (Å²) in [5, 5.41) is 5.08. The van der Waals surface area contributed by atoms with Gasteiger partial charge in [0.25, 0.3) is 21.8 Å². The Balaban J connectivity index is 1.52. The Labute approximate surface area is 172 Å². The van der Waals surface area contributed by atoms with Crippen molar-refractivity contribution in [3.63, 3.8) is 0 Å². The molecule has 2 aliphatic rings. The highest BCUT2D eigenvalue weighted by atomic mass is 35.5. The van der Waals surface area contributed by atoms with Gasteiger partial charge in [-0.05, 0) is 31.0 Å². The van der Waals surface area contributed by atoms with Crippen molar-refractivity contribution in [3.05, 3.63) is 35.0 Å². The number of amides is 2. The van der Waals surface area contributed by atoms with E-state index in [1.54, 1.807) is 0 Å². The Bertz CT molecular complexity index is 1080. The number of carbonyl (C=O) groups is 2. The lowest BCUT2D eigenvalue weighted by Crippen LogP contribution is -2.35. The molecule has 1 aromatic carbocycles. The van der Waals surface area contributed by atoms with Crippen LogP contribution in [0.25, 0.3) is 0 Å². The van der Waals surface area contributed by atoms with E-state index in [0.717, 1.165) is 19.3 Å². The summed E-state index contributed by atoms with van der Waals surface area (Å²) in [5.74, 6) is -0.768. The van der Waals surface area contributed by atoms with Crippen LogP contribution in [0.1, 0.15) is 29.8 Å². The number of anilines is 2. The smallest absolute Gasteiger partial charge is 0.291 e. The van der Waals surface area contributed by atoms with Crippen LogP contribution >= 0.6 is 11.6 Å². The van der Waals surface area contributed by atoms with Crippen molar-refractivity contribution in [2.45, 2.75) is 24.4 Å². The van der Waals surface area contributed by atoms with Crippen molar-refractivity contribution in [2.24, 2.45) is 0 Å². The maximum absolute atomic E-state index is 12.7. The van der Waals surface area contributed by atoms with E-state index in [4.69, 9.17) is 20.8 Å². The number of hydrogen-bond acceptors (Lipinski definition) is 6. The zero-order valence-corrected chi connectivity index (χ0v) is 16.8. The summed E-state index contributed by atoms with van der Waals surface area (Å²) in [5.41, 5.74) is 0.639. The summed E-state index contributed by atoms with van der Waals surface area (Å²) in [4.78, 5) is 23.9. The Hall–Kier alpha value is -2.56. The number of nitrogens with one attached hydrogen (secondary N) is 2. The fourth-order valence-corrected chi connectivity index (χ4v) is 4.83. The van der Waals surface area contributed by atoms with Crippen molar-refractivity contribution in [2.75, 3.05) is 30.3 Å². The molecule has 1 aromatic heterocycles. The molecule has 0 unspecified atom stereocenters. The standard InChI is InChI=1S/C18H18ClN3O6S/c19-11-8-13-15(27-10-16(23)20-13)9-12(11)21-18(24)14-4-5-17(28-14)29(25,26)22-6-2-1-3-7-22/h4-5,8-9H,1-3,6-7,10H2,(H,20,23)(H,21,24). The number of piperidine rings is 1. The number of nitrogens with zero attached hydrogens (tertiary/aromatic N) is 1. The Kier molecular flexibility index (Phi) is 5.24. The number of ether oxygens (including phenoxy) is 1. The molecule has 0 bridgehead atoms. The summed E-state index contributed by atoms with van der Waals surface area (Å²) in [6.07, 6.45) is 2.59. The van der Waals surface area contributed by atoms with E-state index in [1.807, 2.05) is 0 Å². The summed E-state index contributed by atoms with van der Waals surface area (Å²) in [7, 11) is -3.77. The molecule has 2 N–H and O–H groups in total. The molecule has 4 rings (SSSR count). The molecule has 2 amide bonds. The minimum absolute atomic E-state index is 0.141. The zero-order chi connectivity index (χ0) is 20.6. The molecule has 0 atom stereocenters. The number of carbonyl (C=O) groups excluding carboxylic acids is 2. The average molecular weight is 440 g/mol. The van der Waals surface area contributed by atoms with Crippen LogP contribution in [-0.4, -0.2) is 44.2 Å². The molecule has 0 spiro atoms. The van der Waals surface area contributed by atoms with E-state index in [0.29, 0.717) is 24.5 Å². The Morgan fingerprint density at radius 3 is 2.69 bits per heavy atom. The van der Waals surface area contributed by atoms with Crippen molar-refractivity contribution >= 4 is 44.8 Å². The summed E-state index contributed by atoms with van der Waals surface area (Å²) >= 11 is 6.17. The predicted octanol–water partition coefficient (Wildman–Crippen LogP) is 2.69. The third-order valence-corrected chi connectivity index (χ3v) is 6.75. The average Bonchev–Trinajstić information content (AvgIpc) is 3.21. The fourth-order valence-electron chi connectivity index (χ4n) is 3.19. The van der Waals surface area contributed by atoms with Gasteiger partial charge >= 0.3 is 0 Å². The summed E-state index contributed by atoms with van der Waals surface area (Å²) in [6, 6.07) is 5.50. The molecular formula is C18H18ClN3O6S. The molecule has 1 fully saturated rings. The molecule has 2 aromatic rings. The van der Waals surface area contributed by atoms with Gasteiger partial charge in [-0.15, -0.1) is 0 Å². The van der Waals surface area contributed by atoms with Gasteiger partial charge in [0.1, 0.15) is 5.75 Å². The third-order valence-electron chi connectivity index (χ3n) is 4.66. The van der Waals surface area contributed by atoms with Crippen molar-refractivity contribution in [3.8, 4) is 5.75 Å². The van der Waals surface area contributed by atoms with E-state index in [2.05, 4.69) is 10.6 Å². The largest absolute Gasteiger partial charge is 0.482 e. The van der Waals surface area contributed by atoms with Gasteiger partial charge in [-0.25, -0.2) is 8.42 Å². The zero-order valence-electron chi connectivity index (χ0n) is 15.2. The SMILES string of the molecule is O=C1COc2cc(NC(=O)c3ccc(S(=O)(=O)N4CCCCC4)o3)c(Cl)cc2N1. The second-order valence-corrected chi connectivity index (χ2v) is 8.98. The second-order valence-electron chi connectivity index (χ2n) is 6.70. The minimum Gasteiger partial charge on any atom is -0.482 e. The number of rotatable bonds is 4. The number of fused-ring (bicyclic) bond motifs is 1. The van der Waals surface area contributed by atoms with Crippen LogP contribution < -0.4 is 15.4 Å². The first-order valence-electron chi connectivity index (χ1n) is 9.02. The number of halogens is 1. The molecule has 1 saturated heterocycles. The monoisotopic (exact) mass is 439 g/mol. The van der Waals surface area contributed by atoms with E-state index >= 15 is 0 Å². The molecule has 29 heavy (non-hydrogen) atoms. The van der Waals surface area contributed by atoms with E-state index in [1.165, 1.54) is 28.6 Å². The van der Waals surface area contributed by atoms with Crippen molar-refractivity contribution in [1.29, 1.82) is 0 Å². The lowest BCUT2D eigenvalue weighted by atomic mass is 10.2. The lowest BCUT2D eigenvalue weighted by Gasteiger charge is -2.24. The summed E-state index contributed by atoms with van der Waals surface area (Å²) in [6.45, 7) is 0.732. The molecule has 0 aliphatic carbocycles. The van der Waals surface area contributed by atoms with Gasteiger partial charge < -0.3 is 19.8 Å². The molecule has 0 saturated carbocycles. The van der Waals surface area contributed by atoms with Crippen molar-refractivity contribution in [1.82, 2.24) is 4.31 Å². The molecule has 11 heteroatoms. The highest BCUT2D eigenvalue weighted by Crippen LogP contribution is 2.36. The fraction of sp³-hybridized carbons (Fsp3) is 0.333. The quantitative estimate of drug-likeness (QED) is 0.756. The van der Waals surface area contributed by atoms with Gasteiger partial charge in [0.2, 0.25) is 5.09 Å². The Morgan fingerprint density at radius 2 is 1.93 bits per heavy atom. The van der Waals surface area contributed by atoms with Crippen molar-refractivity contribution < 1.29 is 27.2 Å². The lowest BCUT2D eigenvalue weighted by molar-refractivity contribution is -0.118. The van der Waals surface area contributed by atoms with Gasteiger partial charge in [-0.3, -0.25) is 9.59 Å². The number of furan rings is 1. The van der Waals surface area contributed by atoms with Crippen LogP contribution in [0.3, 0.4) is 0 Å². The molecule has 154 valence electrons. The van der Waals surface area contributed by atoms with Crippen LogP contribution in [0, 0.1) is 0 Å². The number of sulfonamides is 1. The van der Waals surface area contributed by atoms with E-state index < -0.39 is 15.9 Å². The van der Waals surface area contributed by atoms with E-state index in [-0.39, 0.29) is 34.1 Å². The number of hydrogen-bond donors (Lipinski definition) is 2. The maximum Gasteiger partial charge on any atom is 0.291 e. The van der Waals surface area contributed by atoms with Crippen LogP contribution in [-0.2, 0) is 14.8 Å². The van der Waals surface area contributed by atoms with Gasteiger partial charge in [-0.1, -0.05) is 18.0 Å². The van der Waals surface area contributed by atoms with Gasteiger partial charge in [-0.2, -0.15) is 4.31 Å². The first-order valence-corrected chi connectivity index (χ1v) is 10.8. The Morgan fingerprint density at radius 1 is 1.17 bits per heavy atom. The van der Waals surface area contributed by atoms with Crippen LogP contribution in [0.4, 0.5) is 11.4 Å². The molecule has 2 aliphatic heterocycles. The molecular weight excluding hydrogens is 422 g/mol. The topological polar surface area (TPSA) is 118 Å². The first kappa shape index (κ1) is 19.7. The second kappa shape index (κ2) is 7.69. The van der Waals surface area contributed by atoms with Crippen LogP contribution in [0.15, 0.2) is 33.8 Å². The predicted molar refractivity (Wildman–Crippen MR) is 105 cm³/mol. The summed E-state index contributed by atoms with van der Waals surface area (Å²) < 4.78 is 37.3. The maximum atomic E-state index is 12.7. The normalized spacial score (nSPS) is 17.2. The number of benzene rings is 1. The minimum atomic E-state index is -3.77. The van der Waals surface area contributed by atoms with Crippen LogP contribution in [0.5, 0.6) is 5.75 Å². The van der Waals surface area contributed by atoms with Gasteiger partial charge in [0.15, 0.2) is 12.4 Å². The third kappa shape index (κ3) is 3.96. The molecule has 0 radical (unpaired) electrons. The van der Waals surface area contributed by atoms with Gasteiger partial charge in [0, 0.05) is 19.2 Å². The highest BCUT2D eigenvalue weighted by Gasteiger charge is 2.30. The highest BCUT2D eigenvalue weighted by molar-refractivity contribution is 7.89. The first-order chi connectivity index (χ1) is 13.8. The van der Waals surface area contributed by atoms with Crippen LogP contribution in [0.2, 0.25) is 5.02 Å². The molecule has 3 heterocycles. The van der Waals surface area contributed by atoms with Gasteiger partial charge in [0.05, 0.1) is 16.4 Å². The molecule has 9 nitrogen and oxygen atoms in total. The van der Waals surface area contributed by atoms with E-state index in [9.17, 15) is 18.0 Å².